The molecule has 2 unspecified atom stereocenters. The van der Waals surface area contributed by atoms with Gasteiger partial charge in [0.1, 0.15) is 25.1 Å². The van der Waals surface area contributed by atoms with Crippen LogP contribution in [0.3, 0.4) is 0 Å². The minimum Gasteiger partial charge on any atom is -0.491 e. The maximum atomic E-state index is 12.0. The molecule has 0 aliphatic heterocycles. The van der Waals surface area contributed by atoms with Crippen LogP contribution in [0.15, 0.2) is 54.6 Å². The third kappa shape index (κ3) is 7.11. The third-order valence-electron chi connectivity index (χ3n) is 4.11. The van der Waals surface area contributed by atoms with Crippen LogP contribution in [0.2, 0.25) is 0 Å². The number of ether oxygens (including phenoxy) is 2. The molecule has 0 aromatic heterocycles. The minimum atomic E-state index is -0.717. The second-order valence-electron chi connectivity index (χ2n) is 6.35. The normalized spacial score (nSPS) is 12.8. The van der Waals surface area contributed by atoms with Crippen molar-refractivity contribution in [3.8, 4) is 5.75 Å². The standard InChI is InChI=1S/C21H26N2O5/c1-27-13-20(25)18(22)11-12-21(26)23-16-7-9-17(10-8-16)28-14-19(24)15-5-3-2-4-6-15/h2-10,18-19,24H,11-14,22H2,1H3,(H,23,26). The molecule has 1 amide bonds. The van der Waals surface area contributed by atoms with Crippen LogP contribution >= 0.6 is 0 Å². The number of amides is 1. The molecule has 0 saturated carbocycles. The fourth-order valence-electron chi connectivity index (χ4n) is 2.50. The summed E-state index contributed by atoms with van der Waals surface area (Å²) in [5.74, 6) is 0.128. The number of ketones is 1. The van der Waals surface area contributed by atoms with Gasteiger partial charge in [0, 0.05) is 19.2 Å². The summed E-state index contributed by atoms with van der Waals surface area (Å²) in [6.07, 6.45) is -0.323. The van der Waals surface area contributed by atoms with Crippen molar-refractivity contribution in [3.05, 3.63) is 60.2 Å². The lowest BCUT2D eigenvalue weighted by atomic mass is 10.1. The largest absolute Gasteiger partial charge is 0.491 e. The highest BCUT2D eigenvalue weighted by Gasteiger charge is 2.15. The first-order valence-corrected chi connectivity index (χ1v) is 9.02. The van der Waals surface area contributed by atoms with E-state index < -0.39 is 12.1 Å². The molecule has 0 heterocycles. The van der Waals surface area contributed by atoms with E-state index in [1.54, 1.807) is 24.3 Å². The predicted octanol–water partition coefficient (Wildman–Crippen LogP) is 2.06. The average Bonchev–Trinajstić information content (AvgIpc) is 2.72. The Morgan fingerprint density at radius 1 is 1.11 bits per heavy atom. The van der Waals surface area contributed by atoms with Gasteiger partial charge in [0.15, 0.2) is 5.78 Å². The molecule has 7 heteroatoms. The smallest absolute Gasteiger partial charge is 0.224 e. The van der Waals surface area contributed by atoms with Crippen molar-refractivity contribution in [2.45, 2.75) is 25.0 Å². The molecule has 0 bridgehead atoms. The molecule has 4 N–H and O–H groups in total. The van der Waals surface area contributed by atoms with Crippen LogP contribution in [0, 0.1) is 0 Å². The Hall–Kier alpha value is -2.74. The van der Waals surface area contributed by atoms with Gasteiger partial charge in [-0.3, -0.25) is 9.59 Å². The lowest BCUT2D eigenvalue weighted by Gasteiger charge is -2.13. The molecule has 2 aromatic rings. The van der Waals surface area contributed by atoms with Crippen LogP contribution in [-0.2, 0) is 14.3 Å². The summed E-state index contributed by atoms with van der Waals surface area (Å²) in [5, 5.41) is 12.9. The van der Waals surface area contributed by atoms with Crippen molar-refractivity contribution in [2.24, 2.45) is 5.73 Å². The van der Waals surface area contributed by atoms with Gasteiger partial charge in [-0.1, -0.05) is 30.3 Å². The van der Waals surface area contributed by atoms with Crippen LogP contribution in [0.1, 0.15) is 24.5 Å². The number of aliphatic hydroxyl groups is 1. The Balaban J connectivity index is 1.76. The Morgan fingerprint density at radius 2 is 1.79 bits per heavy atom. The predicted molar refractivity (Wildman–Crippen MR) is 106 cm³/mol. The van der Waals surface area contributed by atoms with Crippen molar-refractivity contribution in [1.82, 2.24) is 0 Å². The number of methoxy groups -OCH3 is 1. The van der Waals surface area contributed by atoms with E-state index in [4.69, 9.17) is 15.2 Å². The molecule has 0 aliphatic carbocycles. The number of rotatable bonds is 11. The molecule has 0 saturated heterocycles. The number of benzene rings is 2. The number of hydrogen-bond acceptors (Lipinski definition) is 6. The summed E-state index contributed by atoms with van der Waals surface area (Å²) in [7, 11) is 1.42. The molecule has 28 heavy (non-hydrogen) atoms. The Bertz CT molecular complexity index is 749. The van der Waals surface area contributed by atoms with Crippen LogP contribution in [-0.4, -0.2) is 43.2 Å². The maximum Gasteiger partial charge on any atom is 0.224 e. The first-order chi connectivity index (χ1) is 13.5. The van der Waals surface area contributed by atoms with E-state index in [1.165, 1.54) is 7.11 Å². The summed E-state index contributed by atoms with van der Waals surface area (Å²) >= 11 is 0. The van der Waals surface area contributed by atoms with E-state index in [2.05, 4.69) is 5.32 Å². The molecular formula is C21H26N2O5. The van der Waals surface area contributed by atoms with Gasteiger partial charge >= 0.3 is 0 Å². The number of anilines is 1. The number of aliphatic hydroxyl groups excluding tert-OH is 1. The maximum absolute atomic E-state index is 12.0. The molecule has 0 radical (unpaired) electrons. The van der Waals surface area contributed by atoms with Gasteiger partial charge in [0.2, 0.25) is 5.91 Å². The highest BCUT2D eigenvalue weighted by atomic mass is 16.5. The van der Waals surface area contributed by atoms with Crippen molar-refractivity contribution < 1.29 is 24.2 Å². The van der Waals surface area contributed by atoms with E-state index in [1.807, 2.05) is 30.3 Å². The lowest BCUT2D eigenvalue weighted by Crippen LogP contribution is -2.34. The third-order valence-corrected chi connectivity index (χ3v) is 4.11. The molecule has 2 rings (SSSR count). The highest BCUT2D eigenvalue weighted by molar-refractivity contribution is 5.91. The van der Waals surface area contributed by atoms with Gasteiger partial charge in [-0.25, -0.2) is 0 Å². The van der Waals surface area contributed by atoms with E-state index >= 15 is 0 Å². The molecule has 2 atom stereocenters. The lowest BCUT2D eigenvalue weighted by molar-refractivity contribution is -0.124. The second-order valence-corrected chi connectivity index (χ2v) is 6.35. The van der Waals surface area contributed by atoms with Crippen LogP contribution < -0.4 is 15.8 Å². The zero-order chi connectivity index (χ0) is 20.4. The van der Waals surface area contributed by atoms with Gasteiger partial charge in [-0.2, -0.15) is 0 Å². The summed E-state index contributed by atoms with van der Waals surface area (Å²) in [6, 6.07) is 15.4. The van der Waals surface area contributed by atoms with Gasteiger partial charge in [0.25, 0.3) is 0 Å². The van der Waals surface area contributed by atoms with Crippen molar-refractivity contribution >= 4 is 17.4 Å². The fraction of sp³-hybridized carbons (Fsp3) is 0.333. The number of carbonyl (C=O) groups is 2. The van der Waals surface area contributed by atoms with E-state index in [0.717, 1.165) is 5.56 Å². The van der Waals surface area contributed by atoms with Gasteiger partial charge in [-0.05, 0) is 36.2 Å². The van der Waals surface area contributed by atoms with Gasteiger partial charge < -0.3 is 25.6 Å². The first kappa shape index (κ1) is 21.6. The number of Topliss-reactive ketones (excluding diaryl/α,β-unsaturated/α-hetero) is 1. The molecular weight excluding hydrogens is 360 g/mol. The molecule has 2 aromatic carbocycles. The number of hydrogen-bond donors (Lipinski definition) is 3. The van der Waals surface area contributed by atoms with Crippen LogP contribution in [0.25, 0.3) is 0 Å². The van der Waals surface area contributed by atoms with E-state index in [0.29, 0.717) is 11.4 Å². The highest BCUT2D eigenvalue weighted by Crippen LogP contribution is 2.19. The molecule has 0 fully saturated rings. The Kier molecular flexibility index (Phi) is 8.61. The average molecular weight is 386 g/mol. The zero-order valence-corrected chi connectivity index (χ0v) is 15.8. The van der Waals surface area contributed by atoms with Crippen LogP contribution in [0.4, 0.5) is 5.69 Å². The van der Waals surface area contributed by atoms with Crippen LogP contribution in [0.5, 0.6) is 5.75 Å². The Labute approximate surface area is 164 Å². The topological polar surface area (TPSA) is 111 Å². The summed E-state index contributed by atoms with van der Waals surface area (Å²) in [4.78, 5) is 23.5. The number of nitrogens with two attached hydrogens (primary N) is 1. The SMILES string of the molecule is COCC(=O)C(N)CCC(=O)Nc1ccc(OCC(O)c2ccccc2)cc1. The molecule has 150 valence electrons. The summed E-state index contributed by atoms with van der Waals surface area (Å²) < 4.78 is 10.3. The second kappa shape index (κ2) is 11.2. The fourth-order valence-corrected chi connectivity index (χ4v) is 2.50. The van der Waals surface area contributed by atoms with Crippen molar-refractivity contribution in [3.63, 3.8) is 0 Å². The summed E-state index contributed by atoms with van der Waals surface area (Å²) in [5.41, 5.74) is 7.11. The van der Waals surface area contributed by atoms with Crippen molar-refractivity contribution in [1.29, 1.82) is 0 Å². The first-order valence-electron chi connectivity index (χ1n) is 9.02. The van der Waals surface area contributed by atoms with Gasteiger partial charge in [0.05, 0.1) is 6.04 Å². The Morgan fingerprint density at radius 3 is 2.43 bits per heavy atom. The number of carbonyl (C=O) groups excluding carboxylic acids is 2. The van der Waals surface area contributed by atoms with E-state index in [9.17, 15) is 14.7 Å². The molecule has 0 aliphatic rings. The quantitative estimate of drug-likeness (QED) is 0.545. The monoisotopic (exact) mass is 386 g/mol. The van der Waals surface area contributed by atoms with Gasteiger partial charge in [-0.15, -0.1) is 0 Å². The number of nitrogens with one attached hydrogen (secondary N) is 1. The zero-order valence-electron chi connectivity index (χ0n) is 15.8. The molecule has 0 spiro atoms. The molecule has 7 nitrogen and oxygen atoms in total. The minimum absolute atomic E-state index is 0.0524. The summed E-state index contributed by atoms with van der Waals surface area (Å²) in [6.45, 7) is 0.0757. The van der Waals surface area contributed by atoms with Crippen molar-refractivity contribution in [2.75, 3.05) is 25.6 Å². The van der Waals surface area contributed by atoms with E-state index in [-0.39, 0.29) is 37.7 Å².